The molecule has 0 aliphatic carbocycles. The van der Waals surface area contributed by atoms with Crippen LogP contribution in [0.5, 0.6) is 0 Å². The molecule has 0 radical (unpaired) electrons. The second-order valence-corrected chi connectivity index (χ2v) is 5.23. The van der Waals surface area contributed by atoms with Gasteiger partial charge in [-0.15, -0.1) is 0 Å². The lowest BCUT2D eigenvalue weighted by Gasteiger charge is -2.27. The third-order valence-electron chi connectivity index (χ3n) is 2.54. The molecule has 1 heterocycles. The van der Waals surface area contributed by atoms with Crippen LogP contribution >= 0.6 is 0 Å². The summed E-state index contributed by atoms with van der Waals surface area (Å²) in [4.78, 5) is 10.3. The molecule has 0 bridgehead atoms. The van der Waals surface area contributed by atoms with Gasteiger partial charge in [0.2, 0.25) is 0 Å². The maximum Gasteiger partial charge on any atom is 0.129 e. The molecule has 1 aromatic rings. The maximum absolute atomic E-state index is 10.2. The van der Waals surface area contributed by atoms with Gasteiger partial charge in [0.1, 0.15) is 12.1 Å². The summed E-state index contributed by atoms with van der Waals surface area (Å²) in [5.74, 6) is 0.771. The SMILES string of the molecule is CCCc1cc(NCC(C)(O)CN(C)C)ncn1. The standard InChI is InChI=1S/C13H24N4O/c1-5-6-11-7-12(16-10-15-11)14-8-13(2,18)9-17(3)4/h7,10,18H,5-6,8-9H2,1-4H3,(H,14,15,16). The number of aromatic nitrogens is 2. The zero-order chi connectivity index (χ0) is 13.6. The number of anilines is 1. The van der Waals surface area contributed by atoms with Gasteiger partial charge in [0.25, 0.3) is 0 Å². The number of aliphatic hydroxyl groups is 1. The fourth-order valence-electron chi connectivity index (χ4n) is 1.91. The third-order valence-corrected chi connectivity index (χ3v) is 2.54. The van der Waals surface area contributed by atoms with Crippen molar-refractivity contribution in [3.05, 3.63) is 18.1 Å². The molecule has 2 N–H and O–H groups in total. The maximum atomic E-state index is 10.2. The molecule has 0 amide bonds. The largest absolute Gasteiger partial charge is 0.387 e. The van der Waals surface area contributed by atoms with Gasteiger partial charge in [0.05, 0.1) is 5.60 Å². The smallest absolute Gasteiger partial charge is 0.129 e. The average Bonchev–Trinajstić information content (AvgIpc) is 2.26. The van der Waals surface area contributed by atoms with Crippen molar-refractivity contribution >= 4 is 5.82 Å². The highest BCUT2D eigenvalue weighted by Crippen LogP contribution is 2.09. The van der Waals surface area contributed by atoms with Gasteiger partial charge in [-0.1, -0.05) is 13.3 Å². The minimum atomic E-state index is -0.778. The summed E-state index contributed by atoms with van der Waals surface area (Å²) in [6.45, 7) is 5.01. The van der Waals surface area contributed by atoms with Gasteiger partial charge in [0, 0.05) is 24.8 Å². The Morgan fingerprint density at radius 3 is 2.72 bits per heavy atom. The normalized spacial score (nSPS) is 14.6. The first-order chi connectivity index (χ1) is 8.43. The first kappa shape index (κ1) is 14.9. The Labute approximate surface area is 109 Å². The number of nitrogens with zero attached hydrogens (tertiary/aromatic N) is 3. The zero-order valence-corrected chi connectivity index (χ0v) is 11.8. The van der Waals surface area contributed by atoms with Crippen LogP contribution in [0.3, 0.4) is 0 Å². The molecule has 5 heteroatoms. The molecular weight excluding hydrogens is 228 g/mol. The monoisotopic (exact) mass is 252 g/mol. The van der Waals surface area contributed by atoms with Crippen LogP contribution in [0.25, 0.3) is 0 Å². The molecule has 0 spiro atoms. The van der Waals surface area contributed by atoms with E-state index in [1.165, 1.54) is 0 Å². The summed E-state index contributed by atoms with van der Waals surface area (Å²) in [6.07, 6.45) is 3.58. The minimum Gasteiger partial charge on any atom is -0.387 e. The van der Waals surface area contributed by atoms with Gasteiger partial charge in [0.15, 0.2) is 0 Å². The van der Waals surface area contributed by atoms with Crippen molar-refractivity contribution in [1.82, 2.24) is 14.9 Å². The zero-order valence-electron chi connectivity index (χ0n) is 11.8. The van der Waals surface area contributed by atoms with Gasteiger partial charge < -0.3 is 15.3 Å². The average molecular weight is 252 g/mol. The highest BCUT2D eigenvalue weighted by molar-refractivity contribution is 5.35. The summed E-state index contributed by atoms with van der Waals surface area (Å²) in [5.41, 5.74) is 0.251. The van der Waals surface area contributed by atoms with Crippen LogP contribution in [0.15, 0.2) is 12.4 Å². The summed E-state index contributed by atoms with van der Waals surface area (Å²) >= 11 is 0. The van der Waals surface area contributed by atoms with E-state index in [0.717, 1.165) is 24.4 Å². The van der Waals surface area contributed by atoms with E-state index < -0.39 is 5.60 Å². The number of hydrogen-bond donors (Lipinski definition) is 2. The van der Waals surface area contributed by atoms with Crippen LogP contribution in [0.1, 0.15) is 26.0 Å². The molecule has 102 valence electrons. The predicted octanol–water partition coefficient (Wildman–Crippen LogP) is 1.15. The van der Waals surface area contributed by atoms with E-state index in [9.17, 15) is 5.11 Å². The Balaban J connectivity index is 2.54. The molecule has 0 saturated carbocycles. The minimum absolute atomic E-state index is 0.466. The van der Waals surface area contributed by atoms with Gasteiger partial charge in [-0.2, -0.15) is 0 Å². The van der Waals surface area contributed by atoms with Crippen LogP contribution in [0, 0.1) is 0 Å². The summed E-state index contributed by atoms with van der Waals surface area (Å²) in [7, 11) is 3.89. The first-order valence-corrected chi connectivity index (χ1v) is 6.35. The molecule has 1 rings (SSSR count). The molecular formula is C13H24N4O. The Kier molecular flexibility index (Phi) is 5.50. The van der Waals surface area contributed by atoms with Crippen molar-refractivity contribution < 1.29 is 5.11 Å². The van der Waals surface area contributed by atoms with E-state index >= 15 is 0 Å². The van der Waals surface area contributed by atoms with Gasteiger partial charge >= 0.3 is 0 Å². The second-order valence-electron chi connectivity index (χ2n) is 5.23. The highest BCUT2D eigenvalue weighted by atomic mass is 16.3. The topological polar surface area (TPSA) is 61.3 Å². The summed E-state index contributed by atoms with van der Waals surface area (Å²) in [5, 5.41) is 13.3. The lowest BCUT2D eigenvalue weighted by Crippen LogP contribution is -2.43. The number of likely N-dealkylation sites (N-methyl/N-ethyl adjacent to an activating group) is 1. The lowest BCUT2D eigenvalue weighted by atomic mass is 10.1. The van der Waals surface area contributed by atoms with Crippen LogP contribution in [0.4, 0.5) is 5.82 Å². The number of nitrogens with one attached hydrogen (secondary N) is 1. The molecule has 0 aliphatic rings. The van der Waals surface area contributed by atoms with E-state index in [1.807, 2.05) is 32.0 Å². The number of aryl methyl sites for hydroxylation is 1. The predicted molar refractivity (Wildman–Crippen MR) is 73.7 cm³/mol. The fourth-order valence-corrected chi connectivity index (χ4v) is 1.91. The number of rotatable bonds is 7. The molecule has 5 nitrogen and oxygen atoms in total. The van der Waals surface area contributed by atoms with Gasteiger partial charge in [-0.25, -0.2) is 9.97 Å². The molecule has 0 aliphatic heterocycles. The molecule has 0 saturated heterocycles. The highest BCUT2D eigenvalue weighted by Gasteiger charge is 2.21. The molecule has 0 fully saturated rings. The van der Waals surface area contributed by atoms with Crippen molar-refractivity contribution in [2.24, 2.45) is 0 Å². The van der Waals surface area contributed by atoms with E-state index in [2.05, 4.69) is 22.2 Å². The number of hydrogen-bond acceptors (Lipinski definition) is 5. The Bertz CT molecular complexity index is 366. The summed E-state index contributed by atoms with van der Waals surface area (Å²) in [6, 6.07) is 1.94. The molecule has 0 aromatic carbocycles. The molecule has 1 unspecified atom stereocenters. The first-order valence-electron chi connectivity index (χ1n) is 6.35. The molecule has 18 heavy (non-hydrogen) atoms. The van der Waals surface area contributed by atoms with E-state index in [4.69, 9.17) is 0 Å². The van der Waals surface area contributed by atoms with E-state index in [-0.39, 0.29) is 0 Å². The van der Waals surface area contributed by atoms with Gasteiger partial charge in [-0.05, 0) is 27.4 Å². The van der Waals surface area contributed by atoms with Crippen LogP contribution in [-0.4, -0.2) is 52.8 Å². The van der Waals surface area contributed by atoms with Crippen LogP contribution in [-0.2, 0) is 6.42 Å². The Morgan fingerprint density at radius 2 is 2.11 bits per heavy atom. The lowest BCUT2D eigenvalue weighted by molar-refractivity contribution is 0.0459. The third kappa shape index (κ3) is 5.42. The fraction of sp³-hybridized carbons (Fsp3) is 0.692. The Morgan fingerprint density at radius 1 is 1.39 bits per heavy atom. The van der Waals surface area contributed by atoms with Crippen molar-refractivity contribution in [2.75, 3.05) is 32.5 Å². The van der Waals surface area contributed by atoms with E-state index in [0.29, 0.717) is 13.1 Å². The Hall–Kier alpha value is -1.20. The quantitative estimate of drug-likeness (QED) is 0.762. The second kappa shape index (κ2) is 6.66. The van der Waals surface area contributed by atoms with Gasteiger partial charge in [-0.3, -0.25) is 0 Å². The van der Waals surface area contributed by atoms with Crippen molar-refractivity contribution in [2.45, 2.75) is 32.3 Å². The van der Waals surface area contributed by atoms with Crippen molar-refractivity contribution in [3.8, 4) is 0 Å². The van der Waals surface area contributed by atoms with Crippen molar-refractivity contribution in [3.63, 3.8) is 0 Å². The molecule has 1 aromatic heterocycles. The van der Waals surface area contributed by atoms with E-state index in [1.54, 1.807) is 6.33 Å². The van der Waals surface area contributed by atoms with Crippen LogP contribution in [0.2, 0.25) is 0 Å². The molecule has 1 atom stereocenters. The van der Waals surface area contributed by atoms with Crippen LogP contribution < -0.4 is 5.32 Å². The van der Waals surface area contributed by atoms with Crippen molar-refractivity contribution in [1.29, 1.82) is 0 Å². The summed E-state index contributed by atoms with van der Waals surface area (Å²) < 4.78 is 0.